The number of hydrogen-bond donors (Lipinski definition) is 4. The van der Waals surface area contributed by atoms with Gasteiger partial charge in [0.1, 0.15) is 0 Å². The summed E-state index contributed by atoms with van der Waals surface area (Å²) in [6.07, 6.45) is 10.3. The second kappa shape index (κ2) is 5.81. The van der Waals surface area contributed by atoms with E-state index in [1.165, 1.54) is 0 Å². The lowest BCUT2D eigenvalue weighted by Crippen LogP contribution is -2.41. The number of H-pyrrole nitrogens is 1. The summed E-state index contributed by atoms with van der Waals surface area (Å²) in [4.78, 5) is 7.80. The summed E-state index contributed by atoms with van der Waals surface area (Å²) in [5.74, 6) is 1.05. The lowest BCUT2D eigenvalue weighted by Gasteiger charge is -2.34. The van der Waals surface area contributed by atoms with Crippen LogP contribution in [-0.4, -0.2) is 28.3 Å². The first-order valence-corrected chi connectivity index (χ1v) is 8.44. The molecule has 120 valence electrons. The van der Waals surface area contributed by atoms with E-state index in [-0.39, 0.29) is 0 Å². The third-order valence-corrected chi connectivity index (χ3v) is 5.04. The minimum atomic E-state index is 0.400. The van der Waals surface area contributed by atoms with Gasteiger partial charge >= 0.3 is 0 Å². The van der Waals surface area contributed by atoms with E-state index in [1.54, 1.807) is 0 Å². The zero-order chi connectivity index (χ0) is 15.8. The molecule has 2 fully saturated rings. The fourth-order valence-corrected chi connectivity index (χ4v) is 3.33. The molecule has 0 spiro atoms. The molecule has 5 nitrogen and oxygen atoms in total. The molecule has 23 heavy (non-hydrogen) atoms. The first-order valence-electron chi connectivity index (χ1n) is 8.44. The zero-order valence-electron chi connectivity index (χ0n) is 13.2. The fraction of sp³-hybridized carbons (Fsp3) is 0.444. The molecule has 2 aromatic heterocycles. The molecule has 0 unspecified atom stereocenters. The summed E-state index contributed by atoms with van der Waals surface area (Å²) >= 11 is 0. The minimum Gasteiger partial charge on any atom is -0.388 e. The van der Waals surface area contributed by atoms with Gasteiger partial charge in [-0.25, -0.2) is 0 Å². The van der Waals surface area contributed by atoms with E-state index in [0.29, 0.717) is 23.6 Å². The number of fused-ring (bicyclic) bond motifs is 1. The average molecular weight is 309 g/mol. The molecule has 0 amide bonds. The predicted molar refractivity (Wildman–Crippen MR) is 93.2 cm³/mol. The van der Waals surface area contributed by atoms with Crippen LogP contribution >= 0.6 is 0 Å². The van der Waals surface area contributed by atoms with Crippen LogP contribution in [0, 0.1) is 17.2 Å². The van der Waals surface area contributed by atoms with Crippen molar-refractivity contribution in [2.45, 2.75) is 31.7 Å². The second-order valence-corrected chi connectivity index (χ2v) is 6.78. The van der Waals surface area contributed by atoms with Gasteiger partial charge in [0.25, 0.3) is 0 Å². The highest BCUT2D eigenvalue weighted by molar-refractivity contribution is 6.25. The predicted octanol–water partition coefficient (Wildman–Crippen LogP) is 2.66. The van der Waals surface area contributed by atoms with Crippen molar-refractivity contribution in [3.63, 3.8) is 0 Å². The van der Waals surface area contributed by atoms with Crippen LogP contribution in [0.5, 0.6) is 0 Å². The molecular weight excluding hydrogens is 286 g/mol. The summed E-state index contributed by atoms with van der Waals surface area (Å²) < 4.78 is 0. The maximum atomic E-state index is 8.55. The standard InChI is InChI=1S/C18H23N5/c19-9-11-7-13(8-11)23-10-15(17(20)12-1-2-12)18-14-3-5-21-16(14)4-6-22-18/h3-6,10-13,20-21,23H,1-2,7-9,19H2/b15-10+,20-17?. The van der Waals surface area contributed by atoms with Gasteiger partial charge in [0, 0.05) is 52.7 Å². The molecule has 5 N–H and O–H groups in total. The minimum absolute atomic E-state index is 0.400. The molecule has 2 aromatic rings. The topological polar surface area (TPSA) is 90.6 Å². The Morgan fingerprint density at radius 1 is 1.39 bits per heavy atom. The van der Waals surface area contributed by atoms with Crippen LogP contribution < -0.4 is 11.1 Å². The third kappa shape index (κ3) is 2.77. The Morgan fingerprint density at radius 3 is 2.96 bits per heavy atom. The second-order valence-electron chi connectivity index (χ2n) is 6.78. The highest BCUT2D eigenvalue weighted by Gasteiger charge is 2.31. The van der Waals surface area contributed by atoms with Gasteiger partial charge in [-0.2, -0.15) is 0 Å². The Bertz CT molecular complexity index is 750. The van der Waals surface area contributed by atoms with Crippen molar-refractivity contribution in [2.75, 3.05) is 6.54 Å². The van der Waals surface area contributed by atoms with Crippen molar-refractivity contribution in [1.82, 2.24) is 15.3 Å². The summed E-state index contributed by atoms with van der Waals surface area (Å²) in [6, 6.07) is 4.50. The number of aromatic amines is 1. The summed E-state index contributed by atoms with van der Waals surface area (Å²) in [5, 5.41) is 13.1. The zero-order valence-corrected chi connectivity index (χ0v) is 13.2. The summed E-state index contributed by atoms with van der Waals surface area (Å²) in [6.45, 7) is 0.775. The van der Waals surface area contributed by atoms with Gasteiger partial charge in [-0.3, -0.25) is 4.98 Å². The number of nitrogens with two attached hydrogens (primary N) is 1. The monoisotopic (exact) mass is 309 g/mol. The Morgan fingerprint density at radius 2 is 2.22 bits per heavy atom. The van der Waals surface area contributed by atoms with Crippen LogP contribution in [0.25, 0.3) is 16.5 Å². The normalized spacial score (nSPS) is 24.5. The lowest BCUT2D eigenvalue weighted by molar-refractivity contribution is 0.247. The number of aromatic nitrogens is 2. The summed E-state index contributed by atoms with van der Waals surface area (Å²) in [7, 11) is 0. The van der Waals surface area contributed by atoms with E-state index in [1.807, 2.05) is 30.7 Å². The summed E-state index contributed by atoms with van der Waals surface area (Å²) in [5.41, 5.74) is 9.33. The Labute approximate surface area is 135 Å². The molecule has 5 heteroatoms. The quantitative estimate of drug-likeness (QED) is 0.618. The van der Waals surface area contributed by atoms with Crippen molar-refractivity contribution < 1.29 is 0 Å². The third-order valence-electron chi connectivity index (χ3n) is 5.04. The average Bonchev–Trinajstić information content (AvgIpc) is 3.26. The number of nitrogens with zero attached hydrogens (tertiary/aromatic N) is 1. The van der Waals surface area contributed by atoms with Crippen molar-refractivity contribution in [2.24, 2.45) is 17.6 Å². The maximum Gasteiger partial charge on any atom is 0.0828 e. The smallest absolute Gasteiger partial charge is 0.0828 e. The molecule has 0 bridgehead atoms. The van der Waals surface area contributed by atoms with Gasteiger partial charge in [-0.15, -0.1) is 0 Å². The van der Waals surface area contributed by atoms with E-state index >= 15 is 0 Å². The van der Waals surface area contributed by atoms with Crippen molar-refractivity contribution in [3.8, 4) is 0 Å². The first-order chi connectivity index (χ1) is 11.3. The van der Waals surface area contributed by atoms with Gasteiger partial charge in [0.05, 0.1) is 5.69 Å². The Hall–Kier alpha value is -2.14. The van der Waals surface area contributed by atoms with Crippen LogP contribution in [0.15, 0.2) is 30.7 Å². The number of allylic oxidation sites excluding steroid dienone is 1. The van der Waals surface area contributed by atoms with E-state index in [9.17, 15) is 0 Å². The molecule has 0 atom stereocenters. The van der Waals surface area contributed by atoms with Crippen LogP contribution in [-0.2, 0) is 0 Å². The fourth-order valence-electron chi connectivity index (χ4n) is 3.33. The molecule has 2 aliphatic carbocycles. The largest absolute Gasteiger partial charge is 0.388 e. The highest BCUT2D eigenvalue weighted by Crippen LogP contribution is 2.36. The molecule has 0 radical (unpaired) electrons. The maximum absolute atomic E-state index is 8.55. The Kier molecular flexibility index (Phi) is 3.65. The number of pyridine rings is 1. The van der Waals surface area contributed by atoms with Gasteiger partial charge in [0.2, 0.25) is 0 Å². The van der Waals surface area contributed by atoms with Crippen molar-refractivity contribution in [3.05, 3.63) is 36.4 Å². The molecule has 0 saturated heterocycles. The van der Waals surface area contributed by atoms with Gasteiger partial charge < -0.3 is 21.4 Å². The molecule has 0 aliphatic heterocycles. The van der Waals surface area contributed by atoms with E-state index in [0.717, 1.165) is 54.4 Å². The van der Waals surface area contributed by atoms with E-state index in [2.05, 4.69) is 15.3 Å². The molecule has 2 heterocycles. The SMILES string of the molecule is N=C(/C(=C\NC1CC(CN)C1)c1nccc2[nH]ccc12)C1CC1. The van der Waals surface area contributed by atoms with E-state index in [4.69, 9.17) is 11.1 Å². The van der Waals surface area contributed by atoms with E-state index < -0.39 is 0 Å². The van der Waals surface area contributed by atoms with Crippen molar-refractivity contribution >= 4 is 22.2 Å². The molecule has 0 aromatic carbocycles. The molecular formula is C18H23N5. The van der Waals surface area contributed by atoms with Gasteiger partial charge in [0.15, 0.2) is 0 Å². The number of rotatable bonds is 6. The van der Waals surface area contributed by atoms with Crippen LogP contribution in [0.1, 0.15) is 31.4 Å². The van der Waals surface area contributed by atoms with Crippen LogP contribution in [0.2, 0.25) is 0 Å². The lowest BCUT2D eigenvalue weighted by atomic mass is 9.80. The van der Waals surface area contributed by atoms with Gasteiger partial charge in [-0.05, 0) is 50.3 Å². The number of nitrogens with one attached hydrogen (secondary N) is 3. The Balaban J connectivity index is 1.63. The highest BCUT2D eigenvalue weighted by atomic mass is 14.9. The molecule has 4 rings (SSSR count). The molecule has 2 saturated carbocycles. The van der Waals surface area contributed by atoms with Crippen LogP contribution in [0.3, 0.4) is 0 Å². The van der Waals surface area contributed by atoms with Crippen molar-refractivity contribution in [1.29, 1.82) is 5.41 Å². The first kappa shape index (κ1) is 14.5. The van der Waals surface area contributed by atoms with Crippen LogP contribution in [0.4, 0.5) is 0 Å². The number of hydrogen-bond acceptors (Lipinski definition) is 4. The molecule has 2 aliphatic rings. The van der Waals surface area contributed by atoms with Gasteiger partial charge in [-0.1, -0.05) is 0 Å².